The summed E-state index contributed by atoms with van der Waals surface area (Å²) in [5.74, 6) is 0.694. The van der Waals surface area contributed by atoms with Crippen LogP contribution in [0.25, 0.3) is 0 Å². The van der Waals surface area contributed by atoms with E-state index in [0.717, 1.165) is 0 Å². The van der Waals surface area contributed by atoms with E-state index >= 15 is 0 Å². The minimum Gasteiger partial charge on any atom is -0.493 e. The van der Waals surface area contributed by atoms with Crippen molar-refractivity contribution in [2.45, 2.75) is 19.4 Å². The number of methoxy groups -OCH3 is 2. The molecular weight excluding hydrogens is 388 g/mol. The molecule has 8 nitrogen and oxygen atoms in total. The van der Waals surface area contributed by atoms with E-state index in [1.807, 2.05) is 0 Å². The number of benzene rings is 2. The van der Waals surface area contributed by atoms with Gasteiger partial charge in [-0.15, -0.1) is 0 Å². The molecule has 1 unspecified atom stereocenters. The van der Waals surface area contributed by atoms with Gasteiger partial charge in [-0.3, -0.25) is 14.9 Å². The molecule has 0 aliphatic carbocycles. The second-order valence-electron chi connectivity index (χ2n) is 5.82. The molecule has 0 aliphatic heterocycles. The molecule has 0 spiro atoms. The molecule has 0 saturated heterocycles. The lowest BCUT2D eigenvalue weighted by Gasteiger charge is -2.16. The van der Waals surface area contributed by atoms with Crippen LogP contribution in [-0.4, -0.2) is 37.7 Å². The molecule has 0 saturated carbocycles. The molecule has 0 aliphatic rings. The summed E-state index contributed by atoms with van der Waals surface area (Å²) in [4.78, 5) is 23.1. The fourth-order valence-corrected chi connectivity index (χ4v) is 2.71. The molecule has 0 fully saturated rings. The molecular formula is C19H21ClN2O6. The summed E-state index contributed by atoms with van der Waals surface area (Å²) in [7, 11) is 2.85. The van der Waals surface area contributed by atoms with Gasteiger partial charge in [0.05, 0.1) is 30.2 Å². The molecule has 28 heavy (non-hydrogen) atoms. The second-order valence-corrected chi connectivity index (χ2v) is 6.23. The third kappa shape index (κ3) is 5.26. The maximum atomic E-state index is 12.2. The van der Waals surface area contributed by atoms with Crippen LogP contribution >= 0.6 is 11.6 Å². The number of carbonyl (C=O) groups excluding carboxylic acids is 1. The Balaban J connectivity index is 2.01. The van der Waals surface area contributed by atoms with E-state index in [2.05, 4.69) is 5.32 Å². The normalized spacial score (nSPS) is 11.4. The number of nitrogens with zero attached hydrogens (tertiary/aromatic N) is 1. The first kappa shape index (κ1) is 21.3. The van der Waals surface area contributed by atoms with Crippen molar-refractivity contribution >= 4 is 23.2 Å². The first-order valence-electron chi connectivity index (χ1n) is 8.45. The van der Waals surface area contributed by atoms with Crippen LogP contribution in [0.3, 0.4) is 0 Å². The summed E-state index contributed by atoms with van der Waals surface area (Å²) in [6.45, 7) is 1.78. The fourth-order valence-electron chi connectivity index (χ4n) is 2.53. The SMILES string of the molecule is COc1cc(CCNC(=O)C(C)Oc2ccccc2Cl)c([N+](=O)[O-])cc1OC. The molecule has 150 valence electrons. The molecule has 9 heteroatoms. The predicted molar refractivity (Wildman–Crippen MR) is 104 cm³/mol. The van der Waals surface area contributed by atoms with Crippen molar-refractivity contribution in [3.63, 3.8) is 0 Å². The van der Waals surface area contributed by atoms with E-state index in [1.54, 1.807) is 31.2 Å². The van der Waals surface area contributed by atoms with Gasteiger partial charge in [0.2, 0.25) is 0 Å². The molecule has 0 bridgehead atoms. The number of nitro benzene ring substituents is 1. The summed E-state index contributed by atoms with van der Waals surface area (Å²) < 4.78 is 15.8. The highest BCUT2D eigenvalue weighted by Crippen LogP contribution is 2.34. The van der Waals surface area contributed by atoms with Gasteiger partial charge in [0, 0.05) is 12.1 Å². The molecule has 1 amide bonds. The number of hydrogen-bond donors (Lipinski definition) is 1. The lowest BCUT2D eigenvalue weighted by Crippen LogP contribution is -2.37. The van der Waals surface area contributed by atoms with Crippen molar-refractivity contribution in [3.05, 3.63) is 57.1 Å². The van der Waals surface area contributed by atoms with Gasteiger partial charge in [0.1, 0.15) is 5.75 Å². The quantitative estimate of drug-likeness (QED) is 0.504. The largest absolute Gasteiger partial charge is 0.493 e. The molecule has 0 radical (unpaired) electrons. The minimum atomic E-state index is -0.778. The highest BCUT2D eigenvalue weighted by atomic mass is 35.5. The second kappa shape index (κ2) is 9.80. The lowest BCUT2D eigenvalue weighted by molar-refractivity contribution is -0.385. The van der Waals surface area contributed by atoms with Crippen molar-refractivity contribution in [2.75, 3.05) is 20.8 Å². The molecule has 2 aromatic rings. The molecule has 0 heterocycles. The fraction of sp³-hybridized carbons (Fsp3) is 0.316. The number of para-hydroxylation sites is 1. The van der Waals surface area contributed by atoms with Crippen LogP contribution in [0.5, 0.6) is 17.2 Å². The third-order valence-electron chi connectivity index (χ3n) is 3.98. The molecule has 1 N–H and O–H groups in total. The van der Waals surface area contributed by atoms with E-state index in [0.29, 0.717) is 22.1 Å². The number of rotatable bonds is 9. The Morgan fingerprint density at radius 3 is 2.43 bits per heavy atom. The molecule has 2 aromatic carbocycles. The number of hydrogen-bond acceptors (Lipinski definition) is 6. The van der Waals surface area contributed by atoms with Gasteiger partial charge in [0.15, 0.2) is 17.6 Å². The van der Waals surface area contributed by atoms with Crippen LogP contribution < -0.4 is 19.5 Å². The summed E-state index contributed by atoms with van der Waals surface area (Å²) in [5.41, 5.74) is 0.315. The number of ether oxygens (including phenoxy) is 3. The highest BCUT2D eigenvalue weighted by Gasteiger charge is 2.20. The van der Waals surface area contributed by atoms with Crippen molar-refractivity contribution in [1.82, 2.24) is 5.32 Å². The topological polar surface area (TPSA) is 99.9 Å². The number of halogens is 1. The van der Waals surface area contributed by atoms with Crippen LogP contribution in [0.4, 0.5) is 5.69 Å². The summed E-state index contributed by atoms with van der Waals surface area (Å²) in [6, 6.07) is 9.68. The lowest BCUT2D eigenvalue weighted by atomic mass is 10.1. The highest BCUT2D eigenvalue weighted by molar-refractivity contribution is 6.32. The average molecular weight is 409 g/mol. The maximum Gasteiger partial charge on any atom is 0.276 e. The average Bonchev–Trinajstić information content (AvgIpc) is 2.68. The Morgan fingerprint density at radius 2 is 1.82 bits per heavy atom. The van der Waals surface area contributed by atoms with Crippen LogP contribution in [0.15, 0.2) is 36.4 Å². The molecule has 0 aromatic heterocycles. The third-order valence-corrected chi connectivity index (χ3v) is 4.30. The predicted octanol–water partition coefficient (Wildman–Crippen LogP) is 3.39. The van der Waals surface area contributed by atoms with Gasteiger partial charge < -0.3 is 19.5 Å². The van der Waals surface area contributed by atoms with E-state index in [4.69, 9.17) is 25.8 Å². The Kier molecular flexibility index (Phi) is 7.45. The Labute approximate surface area is 167 Å². The van der Waals surface area contributed by atoms with Gasteiger partial charge in [0.25, 0.3) is 11.6 Å². The van der Waals surface area contributed by atoms with Crippen LogP contribution in [-0.2, 0) is 11.2 Å². The van der Waals surface area contributed by atoms with Crippen molar-refractivity contribution in [2.24, 2.45) is 0 Å². The smallest absolute Gasteiger partial charge is 0.276 e. The molecule has 2 rings (SSSR count). The number of carbonyl (C=O) groups is 1. The van der Waals surface area contributed by atoms with Crippen molar-refractivity contribution < 1.29 is 23.9 Å². The zero-order valence-electron chi connectivity index (χ0n) is 15.7. The van der Waals surface area contributed by atoms with E-state index in [1.165, 1.54) is 26.4 Å². The zero-order valence-corrected chi connectivity index (χ0v) is 16.5. The Morgan fingerprint density at radius 1 is 1.18 bits per heavy atom. The summed E-state index contributed by atoms with van der Waals surface area (Å²) in [5, 5.41) is 14.4. The van der Waals surface area contributed by atoms with E-state index < -0.39 is 11.0 Å². The zero-order chi connectivity index (χ0) is 20.7. The van der Waals surface area contributed by atoms with Gasteiger partial charge in [-0.05, 0) is 31.5 Å². The minimum absolute atomic E-state index is 0.104. The summed E-state index contributed by atoms with van der Waals surface area (Å²) >= 11 is 6.02. The van der Waals surface area contributed by atoms with Gasteiger partial charge in [-0.1, -0.05) is 23.7 Å². The Bertz CT molecular complexity index is 858. The monoisotopic (exact) mass is 408 g/mol. The first-order valence-corrected chi connectivity index (χ1v) is 8.83. The summed E-state index contributed by atoms with van der Waals surface area (Å²) in [6.07, 6.45) is -0.540. The molecule has 1 atom stereocenters. The number of nitro groups is 1. The number of nitrogens with one attached hydrogen (secondary N) is 1. The van der Waals surface area contributed by atoms with Crippen LogP contribution in [0.1, 0.15) is 12.5 Å². The van der Waals surface area contributed by atoms with Gasteiger partial charge >= 0.3 is 0 Å². The van der Waals surface area contributed by atoms with E-state index in [9.17, 15) is 14.9 Å². The maximum absolute atomic E-state index is 12.2. The van der Waals surface area contributed by atoms with Crippen LogP contribution in [0.2, 0.25) is 5.02 Å². The number of amides is 1. The first-order chi connectivity index (χ1) is 13.4. The van der Waals surface area contributed by atoms with E-state index in [-0.39, 0.29) is 30.3 Å². The van der Waals surface area contributed by atoms with Crippen molar-refractivity contribution in [1.29, 1.82) is 0 Å². The standard InChI is InChI=1S/C19H21ClN2O6/c1-12(28-16-7-5-4-6-14(16)20)19(23)21-9-8-13-10-17(26-2)18(27-3)11-15(13)22(24)25/h4-7,10-12H,8-9H2,1-3H3,(H,21,23). The van der Waals surface area contributed by atoms with Gasteiger partial charge in [-0.2, -0.15) is 0 Å². The van der Waals surface area contributed by atoms with Crippen molar-refractivity contribution in [3.8, 4) is 17.2 Å². The van der Waals surface area contributed by atoms with Gasteiger partial charge in [-0.25, -0.2) is 0 Å². The van der Waals surface area contributed by atoms with Crippen LogP contribution in [0, 0.1) is 10.1 Å². The Hall–Kier alpha value is -3.00.